The summed E-state index contributed by atoms with van der Waals surface area (Å²) in [5.74, 6) is -0.426. The first kappa shape index (κ1) is 19.3. The van der Waals surface area contributed by atoms with Gasteiger partial charge in [-0.2, -0.15) is 22.6 Å². The van der Waals surface area contributed by atoms with Gasteiger partial charge in [0.15, 0.2) is 5.69 Å². The highest BCUT2D eigenvalue weighted by atomic mass is 32.2. The topological polar surface area (TPSA) is 88.4 Å². The molecule has 8 nitrogen and oxygen atoms in total. The van der Waals surface area contributed by atoms with E-state index >= 15 is 0 Å². The van der Waals surface area contributed by atoms with E-state index in [2.05, 4.69) is 10.1 Å². The molecular weight excluding hydrogens is 387 g/mol. The van der Waals surface area contributed by atoms with Crippen LogP contribution in [0.25, 0.3) is 0 Å². The van der Waals surface area contributed by atoms with Gasteiger partial charge in [-0.15, -0.1) is 0 Å². The number of sulfonamides is 1. The second-order valence-electron chi connectivity index (χ2n) is 5.87. The molecule has 0 unspecified atom stereocenters. The standard InChI is InChI=1S/C15H16F3N5O3S/c16-15(17,18)13-3-5-22(20-13)11-14(24)21-6-8-23(9-7-21)27(25,26)12-2-1-4-19-10-12/h1-5,10H,6-9,11H2. The molecule has 27 heavy (non-hydrogen) atoms. The molecule has 0 spiro atoms. The number of carbonyl (C=O) groups excluding carboxylic acids is 1. The van der Waals surface area contributed by atoms with Gasteiger partial charge >= 0.3 is 6.18 Å². The second-order valence-corrected chi connectivity index (χ2v) is 7.81. The van der Waals surface area contributed by atoms with Crippen molar-refractivity contribution in [2.45, 2.75) is 17.6 Å². The summed E-state index contributed by atoms with van der Waals surface area (Å²) in [6.07, 6.45) is -0.762. The summed E-state index contributed by atoms with van der Waals surface area (Å²) in [4.78, 5) is 17.5. The highest BCUT2D eigenvalue weighted by molar-refractivity contribution is 7.89. The molecule has 1 saturated heterocycles. The molecule has 1 amide bonds. The third-order valence-corrected chi connectivity index (χ3v) is 5.97. The van der Waals surface area contributed by atoms with Crippen molar-refractivity contribution in [1.29, 1.82) is 0 Å². The van der Waals surface area contributed by atoms with Gasteiger partial charge in [0.05, 0.1) is 0 Å². The molecular formula is C15H16F3N5O3S. The molecule has 0 radical (unpaired) electrons. The molecule has 0 bridgehead atoms. The van der Waals surface area contributed by atoms with Gasteiger partial charge in [0, 0.05) is 44.8 Å². The van der Waals surface area contributed by atoms with Crippen molar-refractivity contribution in [3.05, 3.63) is 42.5 Å². The Morgan fingerprint density at radius 1 is 1.15 bits per heavy atom. The van der Waals surface area contributed by atoms with Crippen molar-refractivity contribution < 1.29 is 26.4 Å². The lowest BCUT2D eigenvalue weighted by Crippen LogP contribution is -2.51. The maximum atomic E-state index is 12.6. The number of carbonyl (C=O) groups is 1. The summed E-state index contributed by atoms with van der Waals surface area (Å²) in [6.45, 7) is 0.134. The van der Waals surface area contributed by atoms with Crippen molar-refractivity contribution in [2.24, 2.45) is 0 Å². The maximum absolute atomic E-state index is 12.6. The predicted octanol–water partition coefficient (Wildman–Crippen LogP) is 0.830. The molecule has 146 valence electrons. The molecule has 2 aromatic heterocycles. The van der Waals surface area contributed by atoms with Gasteiger partial charge in [0.1, 0.15) is 11.4 Å². The average molecular weight is 403 g/mol. The molecule has 3 rings (SSSR count). The summed E-state index contributed by atoms with van der Waals surface area (Å²) >= 11 is 0. The second kappa shape index (κ2) is 7.27. The van der Waals surface area contributed by atoms with E-state index in [1.54, 1.807) is 0 Å². The number of nitrogens with zero attached hydrogens (tertiary/aromatic N) is 5. The zero-order chi connectivity index (χ0) is 19.7. The number of pyridine rings is 1. The van der Waals surface area contributed by atoms with Crippen LogP contribution >= 0.6 is 0 Å². The Bertz CT molecular complexity index is 906. The molecule has 0 atom stereocenters. The minimum Gasteiger partial charge on any atom is -0.338 e. The number of rotatable bonds is 4. The van der Waals surface area contributed by atoms with Crippen molar-refractivity contribution >= 4 is 15.9 Å². The lowest BCUT2D eigenvalue weighted by molar-refractivity contribution is -0.142. The normalized spacial score (nSPS) is 16.5. The van der Waals surface area contributed by atoms with E-state index < -0.39 is 27.8 Å². The quantitative estimate of drug-likeness (QED) is 0.755. The third kappa shape index (κ3) is 4.27. The Balaban J connectivity index is 1.59. The fourth-order valence-corrected chi connectivity index (χ4v) is 4.05. The zero-order valence-electron chi connectivity index (χ0n) is 14.0. The Morgan fingerprint density at radius 3 is 2.41 bits per heavy atom. The van der Waals surface area contributed by atoms with E-state index in [0.29, 0.717) is 0 Å². The number of piperazine rings is 1. The third-order valence-electron chi connectivity index (χ3n) is 4.09. The minimum absolute atomic E-state index is 0.0704. The highest BCUT2D eigenvalue weighted by Crippen LogP contribution is 2.27. The maximum Gasteiger partial charge on any atom is 0.435 e. The van der Waals surface area contributed by atoms with E-state index in [1.165, 1.54) is 33.7 Å². The van der Waals surface area contributed by atoms with E-state index in [4.69, 9.17) is 0 Å². The lowest BCUT2D eigenvalue weighted by Gasteiger charge is -2.33. The van der Waals surface area contributed by atoms with Crippen LogP contribution in [-0.4, -0.2) is 64.5 Å². The Kier molecular flexibility index (Phi) is 5.20. The van der Waals surface area contributed by atoms with Crippen molar-refractivity contribution in [3.63, 3.8) is 0 Å². The van der Waals surface area contributed by atoms with Crippen LogP contribution in [0.5, 0.6) is 0 Å². The van der Waals surface area contributed by atoms with Gasteiger partial charge in [0.25, 0.3) is 0 Å². The monoisotopic (exact) mass is 403 g/mol. The summed E-state index contributed by atoms with van der Waals surface area (Å²) in [5.41, 5.74) is -1.07. The molecule has 0 saturated carbocycles. The van der Waals surface area contributed by atoms with Crippen molar-refractivity contribution in [3.8, 4) is 0 Å². The van der Waals surface area contributed by atoms with Crippen molar-refractivity contribution in [1.82, 2.24) is 24.0 Å². The molecule has 0 aliphatic carbocycles. The van der Waals surface area contributed by atoms with Gasteiger partial charge in [-0.3, -0.25) is 14.5 Å². The molecule has 2 aromatic rings. The smallest absolute Gasteiger partial charge is 0.338 e. The molecule has 0 N–H and O–H groups in total. The first-order chi connectivity index (χ1) is 12.7. The van der Waals surface area contributed by atoms with Gasteiger partial charge in [-0.1, -0.05) is 0 Å². The van der Waals surface area contributed by atoms with E-state index in [0.717, 1.165) is 16.9 Å². The summed E-state index contributed by atoms with van der Waals surface area (Å²) in [5, 5.41) is 3.34. The SMILES string of the molecule is O=C(Cn1ccc(C(F)(F)F)n1)N1CCN(S(=O)(=O)c2cccnc2)CC1. The van der Waals surface area contributed by atoms with Crippen LogP contribution in [0.4, 0.5) is 13.2 Å². The van der Waals surface area contributed by atoms with Gasteiger partial charge < -0.3 is 4.90 Å². The molecule has 1 aliphatic heterocycles. The first-order valence-corrected chi connectivity index (χ1v) is 9.40. The van der Waals surface area contributed by atoms with Crippen LogP contribution < -0.4 is 0 Å². The molecule has 1 fully saturated rings. The fourth-order valence-electron chi connectivity index (χ4n) is 2.67. The minimum atomic E-state index is -4.57. The Hall–Kier alpha value is -2.47. The fraction of sp³-hybridized carbons (Fsp3) is 0.400. The van der Waals surface area contributed by atoms with Crippen LogP contribution in [0, 0.1) is 0 Å². The van der Waals surface area contributed by atoms with Crippen LogP contribution in [-0.2, 0) is 27.5 Å². The predicted molar refractivity (Wildman–Crippen MR) is 86.8 cm³/mol. The number of hydrogen-bond donors (Lipinski definition) is 0. The average Bonchev–Trinajstić information content (AvgIpc) is 3.11. The Labute approximate surface area is 153 Å². The molecule has 3 heterocycles. The molecule has 12 heteroatoms. The number of hydrogen-bond acceptors (Lipinski definition) is 5. The first-order valence-electron chi connectivity index (χ1n) is 7.96. The van der Waals surface area contributed by atoms with Gasteiger partial charge in [0.2, 0.25) is 15.9 Å². The zero-order valence-corrected chi connectivity index (χ0v) is 14.8. The lowest BCUT2D eigenvalue weighted by atomic mass is 10.3. The Morgan fingerprint density at radius 2 is 1.85 bits per heavy atom. The van der Waals surface area contributed by atoms with Crippen LogP contribution in [0.3, 0.4) is 0 Å². The van der Waals surface area contributed by atoms with Gasteiger partial charge in [-0.25, -0.2) is 8.42 Å². The van der Waals surface area contributed by atoms with E-state index in [9.17, 15) is 26.4 Å². The summed E-state index contributed by atoms with van der Waals surface area (Å²) < 4.78 is 64.9. The number of aromatic nitrogens is 3. The largest absolute Gasteiger partial charge is 0.435 e. The highest BCUT2D eigenvalue weighted by Gasteiger charge is 2.34. The van der Waals surface area contributed by atoms with E-state index in [-0.39, 0.29) is 37.6 Å². The van der Waals surface area contributed by atoms with Crippen LogP contribution in [0.1, 0.15) is 5.69 Å². The summed E-state index contributed by atoms with van der Waals surface area (Å²) in [7, 11) is -3.69. The van der Waals surface area contributed by atoms with Crippen LogP contribution in [0.15, 0.2) is 41.7 Å². The molecule has 1 aliphatic rings. The van der Waals surface area contributed by atoms with Crippen molar-refractivity contribution in [2.75, 3.05) is 26.2 Å². The molecule has 0 aromatic carbocycles. The van der Waals surface area contributed by atoms with E-state index in [1.807, 2.05) is 0 Å². The number of alkyl halides is 3. The summed E-state index contributed by atoms with van der Waals surface area (Å²) in [6, 6.07) is 3.76. The van der Waals surface area contributed by atoms with Gasteiger partial charge in [-0.05, 0) is 18.2 Å². The van der Waals surface area contributed by atoms with Crippen LogP contribution in [0.2, 0.25) is 0 Å². The number of halogens is 3. The number of amides is 1.